The standard InChI is InChI=1S/C12H15NO4/c14-7-6-13(8-4-5-8)12(17)11-9(15)2-1-3-10(11)16/h1-3,8,14-16H,4-7H2. The second-order valence-electron chi connectivity index (χ2n) is 4.12. The van der Waals surface area contributed by atoms with E-state index < -0.39 is 5.91 Å². The van der Waals surface area contributed by atoms with Gasteiger partial charge in [0.2, 0.25) is 0 Å². The van der Waals surface area contributed by atoms with Crippen molar-refractivity contribution in [3.05, 3.63) is 23.8 Å². The molecule has 0 aromatic heterocycles. The fourth-order valence-electron chi connectivity index (χ4n) is 1.83. The van der Waals surface area contributed by atoms with Crippen molar-refractivity contribution >= 4 is 5.91 Å². The minimum atomic E-state index is -0.433. The average molecular weight is 237 g/mol. The van der Waals surface area contributed by atoms with E-state index in [1.54, 1.807) is 0 Å². The van der Waals surface area contributed by atoms with Crippen LogP contribution in [0.1, 0.15) is 23.2 Å². The number of phenols is 2. The van der Waals surface area contributed by atoms with Gasteiger partial charge in [0.1, 0.15) is 17.1 Å². The number of hydrogen-bond donors (Lipinski definition) is 3. The van der Waals surface area contributed by atoms with Crippen LogP contribution in [0, 0.1) is 0 Å². The van der Waals surface area contributed by atoms with Crippen molar-refractivity contribution in [2.75, 3.05) is 13.2 Å². The lowest BCUT2D eigenvalue weighted by Crippen LogP contribution is -2.35. The van der Waals surface area contributed by atoms with Gasteiger partial charge < -0.3 is 20.2 Å². The predicted molar refractivity (Wildman–Crippen MR) is 60.9 cm³/mol. The zero-order valence-corrected chi connectivity index (χ0v) is 9.33. The Morgan fingerprint density at radius 3 is 2.35 bits per heavy atom. The molecule has 0 heterocycles. The number of nitrogens with zero attached hydrogens (tertiary/aromatic N) is 1. The maximum Gasteiger partial charge on any atom is 0.261 e. The number of benzene rings is 1. The van der Waals surface area contributed by atoms with E-state index in [0.717, 1.165) is 12.8 Å². The first kappa shape index (κ1) is 11.7. The Morgan fingerprint density at radius 2 is 1.88 bits per heavy atom. The Bertz CT molecular complexity index is 408. The van der Waals surface area contributed by atoms with Crippen LogP contribution in [0.3, 0.4) is 0 Å². The molecule has 3 N–H and O–H groups in total. The first-order chi connectivity index (χ1) is 8.15. The first-order valence-electron chi connectivity index (χ1n) is 5.58. The van der Waals surface area contributed by atoms with Gasteiger partial charge in [-0.25, -0.2) is 0 Å². The fourth-order valence-corrected chi connectivity index (χ4v) is 1.83. The van der Waals surface area contributed by atoms with E-state index in [-0.39, 0.29) is 36.3 Å². The van der Waals surface area contributed by atoms with E-state index in [0.29, 0.717) is 0 Å². The van der Waals surface area contributed by atoms with Crippen LogP contribution in [0.4, 0.5) is 0 Å². The third kappa shape index (κ3) is 2.34. The predicted octanol–water partition coefficient (Wildman–Crippen LogP) is 0.695. The molecule has 1 amide bonds. The highest BCUT2D eigenvalue weighted by Gasteiger charge is 2.34. The number of aliphatic hydroxyl groups excluding tert-OH is 1. The lowest BCUT2D eigenvalue weighted by molar-refractivity contribution is 0.0701. The number of phenolic OH excluding ortho intramolecular Hbond substituents is 2. The van der Waals surface area contributed by atoms with Gasteiger partial charge in [-0.1, -0.05) is 6.07 Å². The quantitative estimate of drug-likeness (QED) is 0.720. The van der Waals surface area contributed by atoms with Gasteiger partial charge in [-0.05, 0) is 25.0 Å². The Kier molecular flexibility index (Phi) is 3.19. The summed E-state index contributed by atoms with van der Waals surface area (Å²) in [4.78, 5) is 13.6. The summed E-state index contributed by atoms with van der Waals surface area (Å²) < 4.78 is 0. The van der Waals surface area contributed by atoms with E-state index in [1.165, 1.54) is 23.1 Å². The molecular formula is C12H15NO4. The second kappa shape index (κ2) is 4.63. The molecule has 5 heteroatoms. The van der Waals surface area contributed by atoms with Crippen LogP contribution in [0.25, 0.3) is 0 Å². The Balaban J connectivity index is 2.28. The van der Waals surface area contributed by atoms with Crippen LogP contribution in [-0.2, 0) is 0 Å². The largest absolute Gasteiger partial charge is 0.507 e. The summed E-state index contributed by atoms with van der Waals surface area (Å²) in [6.45, 7) is 0.0911. The zero-order valence-electron chi connectivity index (χ0n) is 9.33. The van der Waals surface area contributed by atoms with Crippen LogP contribution >= 0.6 is 0 Å². The van der Waals surface area contributed by atoms with Crippen molar-refractivity contribution in [2.24, 2.45) is 0 Å². The summed E-state index contributed by atoms with van der Waals surface area (Å²) in [5.74, 6) is -0.908. The molecule has 1 aliphatic rings. The van der Waals surface area contributed by atoms with Crippen molar-refractivity contribution in [1.29, 1.82) is 0 Å². The molecule has 0 unspecified atom stereocenters. The van der Waals surface area contributed by atoms with Crippen molar-refractivity contribution < 1.29 is 20.1 Å². The lowest BCUT2D eigenvalue weighted by atomic mass is 10.1. The minimum Gasteiger partial charge on any atom is -0.507 e. The Labute approximate surface area is 98.9 Å². The number of carbonyl (C=O) groups excluding carboxylic acids is 1. The van der Waals surface area contributed by atoms with E-state index in [9.17, 15) is 15.0 Å². The van der Waals surface area contributed by atoms with E-state index in [1.807, 2.05) is 0 Å². The molecule has 0 spiro atoms. The van der Waals surface area contributed by atoms with Crippen LogP contribution in [0.15, 0.2) is 18.2 Å². The summed E-state index contributed by atoms with van der Waals surface area (Å²) >= 11 is 0. The molecule has 1 saturated carbocycles. The van der Waals surface area contributed by atoms with Gasteiger partial charge in [0.15, 0.2) is 0 Å². The summed E-state index contributed by atoms with van der Waals surface area (Å²) in [7, 11) is 0. The maximum atomic E-state index is 12.2. The van der Waals surface area contributed by atoms with Gasteiger partial charge in [-0.15, -0.1) is 0 Å². The number of aliphatic hydroxyl groups is 1. The molecule has 1 aliphatic carbocycles. The second-order valence-corrected chi connectivity index (χ2v) is 4.12. The van der Waals surface area contributed by atoms with Crippen molar-refractivity contribution in [1.82, 2.24) is 4.90 Å². The van der Waals surface area contributed by atoms with Crippen LogP contribution in [0.5, 0.6) is 11.5 Å². The Morgan fingerprint density at radius 1 is 1.29 bits per heavy atom. The topological polar surface area (TPSA) is 81.0 Å². The van der Waals surface area contributed by atoms with Gasteiger partial charge in [-0.2, -0.15) is 0 Å². The highest BCUT2D eigenvalue weighted by molar-refractivity contribution is 5.99. The number of aromatic hydroxyl groups is 2. The van der Waals surface area contributed by atoms with Gasteiger partial charge in [0.05, 0.1) is 6.61 Å². The van der Waals surface area contributed by atoms with Gasteiger partial charge >= 0.3 is 0 Å². The minimum absolute atomic E-state index is 0.0900. The third-order valence-corrected chi connectivity index (χ3v) is 2.82. The summed E-state index contributed by atoms with van der Waals surface area (Å²) in [5, 5.41) is 28.2. The van der Waals surface area contributed by atoms with Crippen LogP contribution in [0.2, 0.25) is 0 Å². The molecule has 1 aromatic carbocycles. The molecule has 0 aliphatic heterocycles. The van der Waals surface area contributed by atoms with Crippen molar-refractivity contribution in [3.8, 4) is 11.5 Å². The number of amides is 1. The normalized spacial score (nSPS) is 14.6. The lowest BCUT2D eigenvalue weighted by Gasteiger charge is -2.22. The zero-order chi connectivity index (χ0) is 12.4. The monoisotopic (exact) mass is 237 g/mol. The van der Waals surface area contributed by atoms with Gasteiger partial charge in [-0.3, -0.25) is 4.79 Å². The molecule has 0 atom stereocenters. The molecule has 0 radical (unpaired) electrons. The molecule has 0 bridgehead atoms. The molecule has 5 nitrogen and oxygen atoms in total. The smallest absolute Gasteiger partial charge is 0.261 e. The maximum absolute atomic E-state index is 12.2. The fraction of sp³-hybridized carbons (Fsp3) is 0.417. The van der Waals surface area contributed by atoms with E-state index in [4.69, 9.17) is 5.11 Å². The molecule has 2 rings (SSSR count). The molecular weight excluding hydrogens is 222 g/mol. The number of rotatable bonds is 4. The van der Waals surface area contributed by atoms with Gasteiger partial charge in [0, 0.05) is 12.6 Å². The number of carbonyl (C=O) groups is 1. The Hall–Kier alpha value is -1.75. The van der Waals surface area contributed by atoms with Crippen molar-refractivity contribution in [2.45, 2.75) is 18.9 Å². The summed E-state index contributed by atoms with van der Waals surface area (Å²) in [5.41, 5.74) is -0.0900. The number of hydrogen-bond acceptors (Lipinski definition) is 4. The highest BCUT2D eigenvalue weighted by Crippen LogP contribution is 2.33. The SMILES string of the molecule is O=C(c1c(O)cccc1O)N(CCO)C1CC1. The van der Waals surface area contributed by atoms with E-state index in [2.05, 4.69) is 0 Å². The first-order valence-corrected chi connectivity index (χ1v) is 5.58. The van der Waals surface area contributed by atoms with E-state index >= 15 is 0 Å². The van der Waals surface area contributed by atoms with Crippen LogP contribution in [-0.4, -0.2) is 45.3 Å². The summed E-state index contributed by atoms with van der Waals surface area (Å²) in [6.07, 6.45) is 1.81. The average Bonchev–Trinajstić information content (AvgIpc) is 3.09. The molecule has 17 heavy (non-hydrogen) atoms. The van der Waals surface area contributed by atoms with Gasteiger partial charge in [0.25, 0.3) is 5.91 Å². The molecule has 1 aromatic rings. The van der Waals surface area contributed by atoms with Crippen molar-refractivity contribution in [3.63, 3.8) is 0 Å². The molecule has 1 fully saturated rings. The molecule has 92 valence electrons. The third-order valence-electron chi connectivity index (χ3n) is 2.82. The van der Waals surface area contributed by atoms with Crippen LogP contribution < -0.4 is 0 Å². The summed E-state index contributed by atoms with van der Waals surface area (Å²) in [6, 6.07) is 4.30. The molecule has 0 saturated heterocycles. The highest BCUT2D eigenvalue weighted by atomic mass is 16.3.